The average molecular weight is 343 g/mol. The maximum Gasteiger partial charge on any atom is 0.145 e. The Hall–Kier alpha value is -0.880. The lowest BCUT2D eigenvalue weighted by Gasteiger charge is -2.19. The van der Waals surface area contributed by atoms with E-state index in [4.69, 9.17) is 0 Å². The quantitative estimate of drug-likeness (QED) is 0.710. The van der Waals surface area contributed by atoms with E-state index in [1.165, 1.54) is 12.8 Å². The van der Waals surface area contributed by atoms with Crippen molar-refractivity contribution >= 4 is 27.6 Å². The number of nitrogens with one attached hydrogen (secondary N) is 2. The van der Waals surface area contributed by atoms with Gasteiger partial charge in [0, 0.05) is 19.7 Å². The molecule has 1 aliphatic rings. The van der Waals surface area contributed by atoms with Gasteiger partial charge >= 0.3 is 0 Å². The van der Waals surface area contributed by atoms with Crippen LogP contribution in [0.2, 0.25) is 0 Å². The average Bonchev–Trinajstić information content (AvgIpc) is 2.92. The summed E-state index contributed by atoms with van der Waals surface area (Å²) in [6, 6.07) is 0. The highest BCUT2D eigenvalue weighted by atomic mass is 79.9. The van der Waals surface area contributed by atoms with Gasteiger partial charge in [-0.3, -0.25) is 0 Å². The Kier molecular flexibility index (Phi) is 6.04. The van der Waals surface area contributed by atoms with Crippen molar-refractivity contribution in [2.24, 2.45) is 11.8 Å². The zero-order valence-electron chi connectivity index (χ0n) is 11.9. The Morgan fingerprint density at radius 2 is 1.95 bits per heavy atom. The summed E-state index contributed by atoms with van der Waals surface area (Å²) < 4.78 is 0.881. The topological polar surface area (TPSA) is 70.1 Å². The number of halogens is 1. The van der Waals surface area contributed by atoms with E-state index < -0.39 is 0 Å². The summed E-state index contributed by atoms with van der Waals surface area (Å²) in [4.78, 5) is 8.53. The first-order valence-electron chi connectivity index (χ1n) is 7.35. The number of rotatable bonds is 7. The molecule has 0 saturated heterocycles. The van der Waals surface area contributed by atoms with Gasteiger partial charge in [-0.05, 0) is 47.0 Å². The van der Waals surface area contributed by atoms with Crippen molar-refractivity contribution in [1.29, 1.82) is 0 Å². The van der Waals surface area contributed by atoms with Crippen LogP contribution in [-0.4, -0.2) is 34.8 Å². The first kappa shape index (κ1) is 15.5. The normalized spacial score (nSPS) is 21.9. The van der Waals surface area contributed by atoms with Crippen LogP contribution < -0.4 is 10.6 Å². The molecule has 3 N–H and O–H groups in total. The van der Waals surface area contributed by atoms with E-state index in [1.54, 1.807) is 6.33 Å². The van der Waals surface area contributed by atoms with Crippen molar-refractivity contribution < 1.29 is 5.11 Å². The fraction of sp³-hybridized carbons (Fsp3) is 0.714. The number of nitrogens with zero attached hydrogens (tertiary/aromatic N) is 2. The Labute approximate surface area is 128 Å². The molecule has 1 saturated carbocycles. The Bertz CT molecular complexity index is 430. The maximum atomic E-state index is 9.36. The third kappa shape index (κ3) is 3.82. The third-order valence-corrected chi connectivity index (χ3v) is 4.67. The van der Waals surface area contributed by atoms with E-state index in [9.17, 15) is 5.11 Å². The molecule has 1 aromatic heterocycles. The zero-order chi connectivity index (χ0) is 14.4. The summed E-state index contributed by atoms with van der Waals surface area (Å²) in [5, 5.41) is 16.0. The SMILES string of the molecule is CCCNc1ncnc(NCC2CCCC2CO)c1Br. The van der Waals surface area contributed by atoms with E-state index in [-0.39, 0.29) is 0 Å². The van der Waals surface area contributed by atoms with Crippen molar-refractivity contribution in [3.05, 3.63) is 10.8 Å². The summed E-state index contributed by atoms with van der Waals surface area (Å²) in [6.07, 6.45) is 6.16. The van der Waals surface area contributed by atoms with Crippen LogP contribution in [-0.2, 0) is 0 Å². The number of hydrogen-bond donors (Lipinski definition) is 3. The fourth-order valence-electron chi connectivity index (χ4n) is 2.71. The molecule has 2 rings (SSSR count). The smallest absolute Gasteiger partial charge is 0.145 e. The minimum atomic E-state index is 0.292. The van der Waals surface area contributed by atoms with Gasteiger partial charge in [-0.1, -0.05) is 13.3 Å². The molecule has 6 heteroatoms. The van der Waals surface area contributed by atoms with Crippen molar-refractivity contribution in [2.75, 3.05) is 30.3 Å². The van der Waals surface area contributed by atoms with Crippen LogP contribution in [0.25, 0.3) is 0 Å². The van der Waals surface area contributed by atoms with E-state index in [1.807, 2.05) is 0 Å². The predicted molar refractivity (Wildman–Crippen MR) is 84.9 cm³/mol. The molecule has 2 atom stereocenters. The fourth-order valence-corrected chi connectivity index (χ4v) is 3.20. The minimum absolute atomic E-state index is 0.292. The monoisotopic (exact) mass is 342 g/mol. The molecule has 20 heavy (non-hydrogen) atoms. The van der Waals surface area contributed by atoms with Gasteiger partial charge in [0.05, 0.1) is 0 Å². The van der Waals surface area contributed by atoms with Crippen LogP contribution in [0.5, 0.6) is 0 Å². The van der Waals surface area contributed by atoms with Gasteiger partial charge in [-0.15, -0.1) is 0 Å². The van der Waals surface area contributed by atoms with Crippen LogP contribution in [0.1, 0.15) is 32.6 Å². The Balaban J connectivity index is 1.95. The second-order valence-electron chi connectivity index (χ2n) is 5.33. The lowest BCUT2D eigenvalue weighted by Crippen LogP contribution is -2.21. The summed E-state index contributed by atoms with van der Waals surface area (Å²) in [7, 11) is 0. The highest BCUT2D eigenvalue weighted by Crippen LogP contribution is 2.32. The molecule has 112 valence electrons. The number of aliphatic hydroxyl groups excluding tert-OH is 1. The van der Waals surface area contributed by atoms with Crippen molar-refractivity contribution in [2.45, 2.75) is 32.6 Å². The number of hydrogen-bond acceptors (Lipinski definition) is 5. The number of aliphatic hydroxyl groups is 1. The second kappa shape index (κ2) is 7.78. The molecule has 2 unspecified atom stereocenters. The van der Waals surface area contributed by atoms with Gasteiger partial charge < -0.3 is 15.7 Å². The summed E-state index contributed by atoms with van der Waals surface area (Å²) in [5.74, 6) is 2.62. The number of aromatic nitrogens is 2. The van der Waals surface area contributed by atoms with Crippen LogP contribution in [0.15, 0.2) is 10.8 Å². The molecule has 1 aliphatic carbocycles. The summed E-state index contributed by atoms with van der Waals surface area (Å²) in [6.45, 7) is 4.16. The number of anilines is 2. The first-order valence-corrected chi connectivity index (χ1v) is 8.14. The molecule has 0 spiro atoms. The van der Waals surface area contributed by atoms with Gasteiger partial charge in [-0.2, -0.15) is 0 Å². The van der Waals surface area contributed by atoms with Crippen molar-refractivity contribution in [1.82, 2.24) is 9.97 Å². The first-order chi connectivity index (χ1) is 9.76. The summed E-state index contributed by atoms with van der Waals surface area (Å²) in [5.41, 5.74) is 0. The van der Waals surface area contributed by atoms with Crippen LogP contribution in [0.4, 0.5) is 11.6 Å². The maximum absolute atomic E-state index is 9.36. The molecule has 0 aliphatic heterocycles. The molecule has 1 heterocycles. The van der Waals surface area contributed by atoms with Crippen LogP contribution in [0, 0.1) is 11.8 Å². The molecule has 0 amide bonds. The molecular weight excluding hydrogens is 320 g/mol. The zero-order valence-corrected chi connectivity index (χ0v) is 13.5. The highest BCUT2D eigenvalue weighted by Gasteiger charge is 2.26. The molecule has 0 radical (unpaired) electrons. The van der Waals surface area contributed by atoms with Gasteiger partial charge in [-0.25, -0.2) is 9.97 Å². The minimum Gasteiger partial charge on any atom is -0.396 e. The van der Waals surface area contributed by atoms with E-state index in [0.717, 1.165) is 42.0 Å². The van der Waals surface area contributed by atoms with Gasteiger partial charge in [0.1, 0.15) is 22.4 Å². The highest BCUT2D eigenvalue weighted by molar-refractivity contribution is 9.10. The predicted octanol–water partition coefficient (Wildman–Crippen LogP) is 2.88. The van der Waals surface area contributed by atoms with Crippen molar-refractivity contribution in [3.8, 4) is 0 Å². The standard InChI is InChI=1S/C14H23BrN4O/c1-2-6-16-13-12(15)14(19-9-18-13)17-7-10-4-3-5-11(10)8-20/h9-11,20H,2-8H2,1H3,(H2,16,17,18,19). The van der Waals surface area contributed by atoms with Crippen molar-refractivity contribution in [3.63, 3.8) is 0 Å². The van der Waals surface area contributed by atoms with E-state index in [2.05, 4.69) is 43.5 Å². The Morgan fingerprint density at radius 3 is 2.65 bits per heavy atom. The third-order valence-electron chi connectivity index (χ3n) is 3.91. The lowest BCUT2D eigenvalue weighted by molar-refractivity contribution is 0.199. The largest absolute Gasteiger partial charge is 0.396 e. The Morgan fingerprint density at radius 1 is 1.25 bits per heavy atom. The molecule has 0 aromatic carbocycles. The van der Waals surface area contributed by atoms with Gasteiger partial charge in [0.2, 0.25) is 0 Å². The van der Waals surface area contributed by atoms with Gasteiger partial charge in [0.15, 0.2) is 0 Å². The van der Waals surface area contributed by atoms with Gasteiger partial charge in [0.25, 0.3) is 0 Å². The molecule has 0 bridgehead atoms. The van der Waals surface area contributed by atoms with Crippen LogP contribution in [0.3, 0.4) is 0 Å². The summed E-state index contributed by atoms with van der Waals surface area (Å²) >= 11 is 3.55. The van der Waals surface area contributed by atoms with E-state index >= 15 is 0 Å². The molecule has 1 aromatic rings. The molecular formula is C14H23BrN4O. The lowest BCUT2D eigenvalue weighted by atomic mass is 9.97. The molecule has 1 fully saturated rings. The van der Waals surface area contributed by atoms with Crippen LogP contribution >= 0.6 is 15.9 Å². The van der Waals surface area contributed by atoms with E-state index in [0.29, 0.717) is 18.4 Å². The molecule has 5 nitrogen and oxygen atoms in total. The second-order valence-corrected chi connectivity index (χ2v) is 6.12.